The van der Waals surface area contributed by atoms with Crippen molar-refractivity contribution in [1.82, 2.24) is 4.98 Å². The molecule has 1 atom stereocenters. The van der Waals surface area contributed by atoms with Gasteiger partial charge in [-0.05, 0) is 43.7 Å². The van der Waals surface area contributed by atoms with Gasteiger partial charge in [-0.1, -0.05) is 12.8 Å². The summed E-state index contributed by atoms with van der Waals surface area (Å²) in [5, 5.41) is 7.52. The number of aromatic nitrogens is 1. The van der Waals surface area contributed by atoms with Crippen LogP contribution in [0.25, 0.3) is 0 Å². The minimum absolute atomic E-state index is 0.0541. The molecule has 1 aromatic rings. The van der Waals surface area contributed by atoms with E-state index in [2.05, 4.69) is 16.0 Å². The SMILES string of the molecule is N=C(N)c1cc(N2CCCC2C2CCCC2)ccn1. The van der Waals surface area contributed by atoms with Crippen LogP contribution >= 0.6 is 0 Å². The van der Waals surface area contributed by atoms with Gasteiger partial charge in [0.25, 0.3) is 0 Å². The van der Waals surface area contributed by atoms with Crippen LogP contribution in [0.1, 0.15) is 44.2 Å². The van der Waals surface area contributed by atoms with Crippen molar-refractivity contribution in [3.8, 4) is 0 Å². The average molecular weight is 258 g/mol. The van der Waals surface area contributed by atoms with Crippen LogP contribution in [-0.2, 0) is 0 Å². The van der Waals surface area contributed by atoms with E-state index in [0.29, 0.717) is 11.7 Å². The smallest absolute Gasteiger partial charge is 0.141 e. The van der Waals surface area contributed by atoms with Crippen molar-refractivity contribution in [2.24, 2.45) is 11.7 Å². The molecule has 0 aromatic carbocycles. The molecule has 0 amide bonds. The molecule has 102 valence electrons. The Bertz CT molecular complexity index is 465. The van der Waals surface area contributed by atoms with Crippen molar-refractivity contribution in [3.05, 3.63) is 24.0 Å². The van der Waals surface area contributed by atoms with Gasteiger partial charge in [-0.25, -0.2) is 0 Å². The van der Waals surface area contributed by atoms with Gasteiger partial charge in [-0.15, -0.1) is 0 Å². The van der Waals surface area contributed by atoms with Gasteiger partial charge in [-0.2, -0.15) is 0 Å². The maximum Gasteiger partial charge on any atom is 0.141 e. The molecule has 1 unspecified atom stereocenters. The second kappa shape index (κ2) is 5.19. The van der Waals surface area contributed by atoms with Crippen molar-refractivity contribution < 1.29 is 0 Å². The van der Waals surface area contributed by atoms with Gasteiger partial charge in [0.05, 0.1) is 0 Å². The highest BCUT2D eigenvalue weighted by atomic mass is 15.2. The second-order valence-electron chi connectivity index (χ2n) is 5.76. The number of anilines is 1. The van der Waals surface area contributed by atoms with Gasteiger partial charge in [0.15, 0.2) is 0 Å². The lowest BCUT2D eigenvalue weighted by Gasteiger charge is -2.31. The molecule has 2 aliphatic rings. The topological polar surface area (TPSA) is 66.0 Å². The zero-order valence-corrected chi connectivity index (χ0v) is 11.3. The Hall–Kier alpha value is -1.58. The first-order valence-electron chi connectivity index (χ1n) is 7.33. The molecule has 2 heterocycles. The van der Waals surface area contributed by atoms with Crippen molar-refractivity contribution in [3.63, 3.8) is 0 Å². The number of nitrogens with one attached hydrogen (secondary N) is 1. The van der Waals surface area contributed by atoms with E-state index in [0.717, 1.165) is 12.5 Å². The first-order chi connectivity index (χ1) is 9.25. The minimum Gasteiger partial charge on any atom is -0.382 e. The lowest BCUT2D eigenvalue weighted by molar-refractivity contribution is 0.431. The molecule has 1 aliphatic heterocycles. The standard InChI is InChI=1S/C15H22N4/c16-15(17)13-10-12(7-8-18-13)19-9-3-6-14(19)11-4-1-2-5-11/h7-8,10-11,14H,1-6,9H2,(H3,16,17). The summed E-state index contributed by atoms with van der Waals surface area (Å²) in [6.45, 7) is 1.13. The van der Waals surface area contributed by atoms with E-state index in [1.807, 2.05) is 6.07 Å². The van der Waals surface area contributed by atoms with Gasteiger partial charge < -0.3 is 10.6 Å². The summed E-state index contributed by atoms with van der Waals surface area (Å²) in [4.78, 5) is 6.67. The van der Waals surface area contributed by atoms with E-state index < -0.39 is 0 Å². The molecule has 3 rings (SSSR count). The molecule has 3 N–H and O–H groups in total. The van der Waals surface area contributed by atoms with Crippen LogP contribution in [0.5, 0.6) is 0 Å². The van der Waals surface area contributed by atoms with Crippen LogP contribution in [0.15, 0.2) is 18.3 Å². The zero-order chi connectivity index (χ0) is 13.2. The third-order valence-electron chi connectivity index (χ3n) is 4.59. The highest BCUT2D eigenvalue weighted by Crippen LogP contribution is 2.37. The Kier molecular flexibility index (Phi) is 3.40. The zero-order valence-electron chi connectivity index (χ0n) is 11.3. The number of rotatable bonds is 3. The van der Waals surface area contributed by atoms with Gasteiger partial charge >= 0.3 is 0 Å². The quantitative estimate of drug-likeness (QED) is 0.646. The maximum absolute atomic E-state index is 7.52. The predicted molar refractivity (Wildman–Crippen MR) is 77.6 cm³/mol. The fraction of sp³-hybridized carbons (Fsp3) is 0.600. The van der Waals surface area contributed by atoms with Crippen LogP contribution in [0.3, 0.4) is 0 Å². The molecule has 4 nitrogen and oxygen atoms in total. The molecule has 1 aliphatic carbocycles. The number of nitrogens with zero attached hydrogens (tertiary/aromatic N) is 2. The van der Waals surface area contributed by atoms with Crippen LogP contribution < -0.4 is 10.6 Å². The van der Waals surface area contributed by atoms with Crippen LogP contribution in [0, 0.1) is 11.3 Å². The van der Waals surface area contributed by atoms with E-state index in [1.165, 1.54) is 44.2 Å². The Labute approximate surface area is 114 Å². The van der Waals surface area contributed by atoms with Crippen molar-refractivity contribution in [2.75, 3.05) is 11.4 Å². The molecule has 4 heteroatoms. The first kappa shape index (κ1) is 12.5. The largest absolute Gasteiger partial charge is 0.382 e. The van der Waals surface area contributed by atoms with E-state index in [9.17, 15) is 0 Å². The fourth-order valence-electron chi connectivity index (χ4n) is 3.69. The Morgan fingerprint density at radius 3 is 2.79 bits per heavy atom. The molecule has 1 saturated carbocycles. The number of hydrogen-bond acceptors (Lipinski definition) is 3. The summed E-state index contributed by atoms with van der Waals surface area (Å²) >= 11 is 0. The Morgan fingerprint density at radius 1 is 1.26 bits per heavy atom. The third-order valence-corrected chi connectivity index (χ3v) is 4.59. The molecule has 1 aromatic heterocycles. The van der Waals surface area contributed by atoms with E-state index >= 15 is 0 Å². The normalized spacial score (nSPS) is 24.0. The van der Waals surface area contributed by atoms with Gasteiger partial charge in [0.2, 0.25) is 0 Å². The number of amidine groups is 1. The lowest BCUT2D eigenvalue weighted by atomic mass is 9.96. The van der Waals surface area contributed by atoms with Crippen LogP contribution in [0.4, 0.5) is 5.69 Å². The van der Waals surface area contributed by atoms with E-state index in [1.54, 1.807) is 6.20 Å². The predicted octanol–water partition coefficient (Wildman–Crippen LogP) is 2.52. The van der Waals surface area contributed by atoms with Gasteiger partial charge in [0.1, 0.15) is 11.5 Å². The van der Waals surface area contributed by atoms with Crippen molar-refractivity contribution in [2.45, 2.75) is 44.6 Å². The summed E-state index contributed by atoms with van der Waals surface area (Å²) in [5.41, 5.74) is 7.32. The van der Waals surface area contributed by atoms with E-state index in [4.69, 9.17) is 11.1 Å². The fourth-order valence-corrected chi connectivity index (χ4v) is 3.69. The minimum atomic E-state index is 0.0541. The molecule has 0 bridgehead atoms. The molecule has 1 saturated heterocycles. The van der Waals surface area contributed by atoms with Crippen LogP contribution in [-0.4, -0.2) is 23.4 Å². The summed E-state index contributed by atoms with van der Waals surface area (Å²) in [5.74, 6) is 0.912. The van der Waals surface area contributed by atoms with Gasteiger partial charge in [-0.3, -0.25) is 10.4 Å². The van der Waals surface area contributed by atoms with Crippen molar-refractivity contribution in [1.29, 1.82) is 5.41 Å². The van der Waals surface area contributed by atoms with E-state index in [-0.39, 0.29) is 5.84 Å². The number of nitrogens with two attached hydrogens (primary N) is 1. The average Bonchev–Trinajstić information content (AvgIpc) is 3.09. The summed E-state index contributed by atoms with van der Waals surface area (Å²) in [7, 11) is 0. The van der Waals surface area contributed by atoms with Gasteiger partial charge in [0, 0.05) is 24.5 Å². The summed E-state index contributed by atoms with van der Waals surface area (Å²) in [6, 6.07) is 4.71. The van der Waals surface area contributed by atoms with Crippen LogP contribution in [0.2, 0.25) is 0 Å². The molecule has 0 spiro atoms. The maximum atomic E-state index is 7.52. The monoisotopic (exact) mass is 258 g/mol. The highest BCUT2D eigenvalue weighted by Gasteiger charge is 2.33. The number of hydrogen-bond donors (Lipinski definition) is 2. The van der Waals surface area contributed by atoms with Crippen molar-refractivity contribution >= 4 is 11.5 Å². The molecule has 2 fully saturated rings. The number of nitrogen functional groups attached to an aromatic ring is 1. The lowest BCUT2D eigenvalue weighted by Crippen LogP contribution is -2.34. The second-order valence-corrected chi connectivity index (χ2v) is 5.76. The Balaban J connectivity index is 1.83. The molecule has 0 radical (unpaired) electrons. The Morgan fingerprint density at radius 2 is 2.05 bits per heavy atom. The number of pyridine rings is 1. The molecular weight excluding hydrogens is 236 g/mol. The summed E-state index contributed by atoms with van der Waals surface area (Å²) in [6.07, 6.45) is 9.91. The molecular formula is C15H22N4. The summed E-state index contributed by atoms with van der Waals surface area (Å²) < 4.78 is 0. The highest BCUT2D eigenvalue weighted by molar-refractivity contribution is 5.93. The molecule has 19 heavy (non-hydrogen) atoms. The first-order valence-corrected chi connectivity index (χ1v) is 7.33. The third kappa shape index (κ3) is 2.44.